The lowest BCUT2D eigenvalue weighted by atomic mass is 9.95. The highest BCUT2D eigenvalue weighted by atomic mass is 32.1. The molecule has 0 amide bonds. The molecule has 2 aromatic heterocycles. The summed E-state index contributed by atoms with van der Waals surface area (Å²) in [6.45, 7) is 0. The lowest BCUT2D eigenvalue weighted by molar-refractivity contribution is -0.632. The normalized spacial score (nSPS) is 12.0. The Labute approximate surface area is 196 Å². The van der Waals surface area contributed by atoms with E-state index in [2.05, 4.69) is 77.0 Å². The number of carbonyl (C=O) groups is 1. The van der Waals surface area contributed by atoms with Crippen molar-refractivity contribution in [3.63, 3.8) is 0 Å². The van der Waals surface area contributed by atoms with E-state index in [1.54, 1.807) is 11.3 Å². The minimum atomic E-state index is -5.19. The van der Waals surface area contributed by atoms with Gasteiger partial charge in [0.2, 0.25) is 11.2 Å². The molecule has 170 valence electrons. The number of pyridine rings is 1. The van der Waals surface area contributed by atoms with Gasteiger partial charge in [-0.15, -0.1) is 0 Å². The molecule has 0 fully saturated rings. The molecule has 8 heteroatoms. The highest BCUT2D eigenvalue weighted by Crippen LogP contribution is 2.46. The first-order valence-corrected chi connectivity index (χ1v) is 11.2. The van der Waals surface area contributed by atoms with E-state index in [1.165, 1.54) is 38.5 Å². The molecule has 0 spiro atoms. The van der Waals surface area contributed by atoms with E-state index in [4.69, 9.17) is 14.6 Å². The first-order chi connectivity index (χ1) is 16.3. The SMILES string of the molecule is C[n+]1c2c3c(cccc3c3cc(-c4ccsc4)ccc31)Oc1ccccc1-2.O=C([O-])C(F)(F)F. The third-order valence-corrected chi connectivity index (χ3v) is 6.38. The van der Waals surface area contributed by atoms with Crippen LogP contribution in [0.2, 0.25) is 0 Å². The Bertz CT molecular complexity index is 1560. The molecule has 0 saturated heterocycles. The second kappa shape index (κ2) is 8.14. The van der Waals surface area contributed by atoms with Gasteiger partial charge in [0.05, 0.1) is 16.3 Å². The van der Waals surface area contributed by atoms with Gasteiger partial charge >= 0.3 is 6.18 Å². The average molecular weight is 479 g/mol. The Balaban J connectivity index is 0.000000304. The van der Waals surface area contributed by atoms with Crippen LogP contribution in [0.5, 0.6) is 11.5 Å². The van der Waals surface area contributed by atoms with Crippen molar-refractivity contribution < 1.29 is 32.4 Å². The maximum Gasteiger partial charge on any atom is 0.430 e. The maximum atomic E-state index is 10.5. The molecule has 0 unspecified atom stereocenters. The predicted octanol–water partition coefficient (Wildman–Crippen LogP) is 5.62. The van der Waals surface area contributed by atoms with E-state index >= 15 is 0 Å². The van der Waals surface area contributed by atoms with E-state index < -0.39 is 12.1 Å². The number of carboxylic acid groups (broad SMARTS) is 1. The number of hydrogen-bond donors (Lipinski definition) is 0. The fourth-order valence-corrected chi connectivity index (χ4v) is 4.88. The summed E-state index contributed by atoms with van der Waals surface area (Å²) < 4.78 is 40.1. The van der Waals surface area contributed by atoms with Crippen LogP contribution in [0, 0.1) is 0 Å². The van der Waals surface area contributed by atoms with Crippen LogP contribution in [0.15, 0.2) is 77.5 Å². The van der Waals surface area contributed by atoms with Gasteiger partial charge in [-0.25, -0.2) is 0 Å². The number of aliphatic carboxylic acids is 1. The van der Waals surface area contributed by atoms with E-state index in [-0.39, 0.29) is 0 Å². The number of hydrogen-bond acceptors (Lipinski definition) is 4. The smallest absolute Gasteiger partial charge is 0.430 e. The van der Waals surface area contributed by atoms with Crippen LogP contribution in [-0.2, 0) is 11.8 Å². The Hall–Kier alpha value is -3.91. The molecule has 0 atom stereocenters. The van der Waals surface area contributed by atoms with Gasteiger partial charge in [0, 0.05) is 11.5 Å². The van der Waals surface area contributed by atoms with Crippen molar-refractivity contribution >= 4 is 39.0 Å². The number of halogens is 3. The van der Waals surface area contributed by atoms with Crippen molar-refractivity contribution in [3.8, 4) is 33.9 Å². The van der Waals surface area contributed by atoms with Gasteiger partial charge in [-0.1, -0.05) is 24.3 Å². The largest absolute Gasteiger partial charge is 0.542 e. The minimum Gasteiger partial charge on any atom is -0.542 e. The molecule has 0 saturated carbocycles. The van der Waals surface area contributed by atoms with E-state index in [0.717, 1.165) is 17.1 Å². The number of carboxylic acids is 1. The maximum absolute atomic E-state index is 10.5. The van der Waals surface area contributed by atoms with Crippen LogP contribution < -0.4 is 14.4 Å². The zero-order valence-electron chi connectivity index (χ0n) is 17.7. The van der Waals surface area contributed by atoms with E-state index in [1.807, 2.05) is 12.1 Å². The second-order valence-electron chi connectivity index (χ2n) is 7.71. The van der Waals surface area contributed by atoms with Crippen LogP contribution in [0.3, 0.4) is 0 Å². The molecule has 6 rings (SSSR count). The highest BCUT2D eigenvalue weighted by Gasteiger charge is 2.30. The van der Waals surface area contributed by atoms with Crippen LogP contribution in [0.4, 0.5) is 13.2 Å². The summed E-state index contributed by atoms with van der Waals surface area (Å²) in [6.07, 6.45) is -5.19. The summed E-state index contributed by atoms with van der Waals surface area (Å²) in [7, 11) is 2.15. The van der Waals surface area contributed by atoms with Crippen molar-refractivity contribution in [3.05, 3.63) is 77.5 Å². The number of rotatable bonds is 1. The van der Waals surface area contributed by atoms with E-state index in [9.17, 15) is 13.2 Å². The summed E-state index contributed by atoms with van der Waals surface area (Å²) in [6, 6.07) is 23.6. The first-order valence-electron chi connectivity index (χ1n) is 10.2. The molecule has 0 N–H and O–H groups in total. The predicted molar refractivity (Wildman–Crippen MR) is 123 cm³/mol. The second-order valence-corrected chi connectivity index (χ2v) is 8.49. The third kappa shape index (κ3) is 3.66. The standard InChI is InChI=1S/C24H16NOS.C2HF3O2/c1-25-20-10-9-15(16-11-12-27-14-16)13-19(20)17-6-4-8-22-23(17)24(25)18-5-2-3-7-21(18)26-22;3-2(4,5)1(6)7/h2-14H,1H3;(H,6,7)/q+1;/p-1. The number of carbonyl (C=O) groups excluding carboxylic acids is 1. The summed E-state index contributed by atoms with van der Waals surface area (Å²) >= 11 is 1.73. The van der Waals surface area contributed by atoms with Gasteiger partial charge in [-0.2, -0.15) is 29.1 Å². The first kappa shape index (κ1) is 21.9. The van der Waals surface area contributed by atoms with Crippen LogP contribution in [0.1, 0.15) is 0 Å². The van der Waals surface area contributed by atoms with Gasteiger partial charge in [-0.05, 0) is 58.3 Å². The molecule has 5 aromatic rings. The molecule has 1 aliphatic rings. The number of fused-ring (bicyclic) bond motifs is 4. The summed E-state index contributed by atoms with van der Waals surface area (Å²) in [4.78, 5) is 8.78. The number of thiophene rings is 1. The fraction of sp³-hybridized carbons (Fsp3) is 0.0769. The van der Waals surface area contributed by atoms with Crippen LogP contribution in [-0.4, -0.2) is 12.1 Å². The third-order valence-electron chi connectivity index (χ3n) is 5.69. The lowest BCUT2D eigenvalue weighted by Gasteiger charge is -2.20. The molecular formula is C26H16F3NO3S. The quantitative estimate of drug-likeness (QED) is 0.227. The van der Waals surface area contributed by atoms with Gasteiger partial charge in [0.1, 0.15) is 24.5 Å². The Morgan fingerprint density at radius 3 is 2.38 bits per heavy atom. The topological polar surface area (TPSA) is 53.2 Å². The monoisotopic (exact) mass is 479 g/mol. The molecule has 3 aromatic carbocycles. The molecule has 1 aliphatic heterocycles. The Morgan fingerprint density at radius 1 is 0.941 bits per heavy atom. The number of benzene rings is 3. The zero-order valence-corrected chi connectivity index (χ0v) is 18.5. The zero-order chi connectivity index (χ0) is 24.0. The van der Waals surface area contributed by atoms with E-state index in [0.29, 0.717) is 0 Å². The summed E-state index contributed by atoms with van der Waals surface area (Å²) in [5.74, 6) is -1.16. The number of aryl methyl sites for hydroxylation is 1. The van der Waals surface area contributed by atoms with Crippen molar-refractivity contribution in [1.29, 1.82) is 0 Å². The van der Waals surface area contributed by atoms with Crippen LogP contribution >= 0.6 is 11.3 Å². The molecular weight excluding hydrogens is 463 g/mol. The highest BCUT2D eigenvalue weighted by molar-refractivity contribution is 7.08. The number of aromatic nitrogens is 1. The molecule has 3 heterocycles. The molecule has 4 nitrogen and oxygen atoms in total. The molecule has 34 heavy (non-hydrogen) atoms. The van der Waals surface area contributed by atoms with Gasteiger partial charge < -0.3 is 14.6 Å². The Morgan fingerprint density at radius 2 is 1.68 bits per heavy atom. The minimum absolute atomic E-state index is 0.919. The summed E-state index contributed by atoms with van der Waals surface area (Å²) in [5, 5.41) is 16.8. The van der Waals surface area contributed by atoms with Crippen molar-refractivity contribution in [1.82, 2.24) is 0 Å². The van der Waals surface area contributed by atoms with Crippen molar-refractivity contribution in [2.24, 2.45) is 7.05 Å². The number of nitrogens with zero attached hydrogens (tertiary/aromatic N) is 1. The van der Waals surface area contributed by atoms with Crippen molar-refractivity contribution in [2.75, 3.05) is 0 Å². The summed E-state index contributed by atoms with van der Waals surface area (Å²) in [5.41, 5.74) is 6.12. The molecule has 0 aliphatic carbocycles. The lowest BCUT2D eigenvalue weighted by Crippen LogP contribution is -2.37. The Kier molecular flexibility index (Phi) is 5.25. The van der Waals surface area contributed by atoms with Gasteiger partial charge in [-0.3, -0.25) is 0 Å². The number of para-hydroxylation sites is 1. The fourth-order valence-electron chi connectivity index (χ4n) is 4.21. The molecule has 0 radical (unpaired) electrons. The van der Waals surface area contributed by atoms with Crippen molar-refractivity contribution in [2.45, 2.75) is 6.18 Å². The number of alkyl halides is 3. The van der Waals surface area contributed by atoms with Crippen LogP contribution in [0.25, 0.3) is 44.1 Å². The number of ether oxygens (including phenoxy) is 1. The van der Waals surface area contributed by atoms with Gasteiger partial charge in [0.15, 0.2) is 0 Å². The molecule has 0 bridgehead atoms. The van der Waals surface area contributed by atoms with Gasteiger partial charge in [0.25, 0.3) is 0 Å². The average Bonchev–Trinajstić information content (AvgIpc) is 3.36.